The first-order chi connectivity index (χ1) is 8.52. The number of hydrogen-bond acceptors (Lipinski definition) is 3. The first kappa shape index (κ1) is 14.3. The summed E-state index contributed by atoms with van der Waals surface area (Å²) in [5.74, 6) is -0.502. The van der Waals surface area contributed by atoms with E-state index in [1.165, 1.54) is 4.90 Å². The normalized spacial score (nSPS) is 20.4. The number of nitrogens with zero attached hydrogens (tertiary/aromatic N) is 4. The zero-order valence-corrected chi connectivity index (χ0v) is 11.0. The Kier molecular flexibility index (Phi) is 4.97. The van der Waals surface area contributed by atoms with Gasteiger partial charge in [0.2, 0.25) is 11.8 Å². The Morgan fingerprint density at radius 3 is 2.67 bits per heavy atom. The molecule has 1 fully saturated rings. The summed E-state index contributed by atoms with van der Waals surface area (Å²) in [5, 5.41) is 6.10. The van der Waals surface area contributed by atoms with Gasteiger partial charge in [0.25, 0.3) is 0 Å². The summed E-state index contributed by atoms with van der Waals surface area (Å²) in [6, 6.07) is -1.17. The number of likely N-dealkylation sites (tertiary alicyclic amines) is 1. The number of amides is 2. The van der Waals surface area contributed by atoms with Crippen molar-refractivity contribution in [2.45, 2.75) is 38.8 Å². The van der Waals surface area contributed by atoms with E-state index in [1.54, 1.807) is 7.05 Å². The fraction of sp³-hybridized carbons (Fsp3) is 0.818. The van der Waals surface area contributed by atoms with Crippen molar-refractivity contribution >= 4 is 11.8 Å². The number of azide groups is 1. The molecule has 1 heterocycles. The van der Waals surface area contributed by atoms with E-state index in [-0.39, 0.29) is 17.7 Å². The molecule has 1 rings (SSSR count). The van der Waals surface area contributed by atoms with Gasteiger partial charge in [-0.3, -0.25) is 9.59 Å². The van der Waals surface area contributed by atoms with Crippen molar-refractivity contribution in [3.05, 3.63) is 10.4 Å². The third-order valence-electron chi connectivity index (χ3n) is 3.15. The Morgan fingerprint density at radius 2 is 2.17 bits per heavy atom. The number of hydrogen-bond donors (Lipinski definition) is 1. The Bertz CT molecular complexity index is 376. The van der Waals surface area contributed by atoms with Crippen molar-refractivity contribution in [1.29, 1.82) is 0 Å². The minimum absolute atomic E-state index is 0.0839. The molecule has 2 amide bonds. The molecular weight excluding hydrogens is 234 g/mol. The van der Waals surface area contributed by atoms with Crippen LogP contribution in [0.4, 0.5) is 0 Å². The number of rotatable bonds is 4. The van der Waals surface area contributed by atoms with Gasteiger partial charge in [-0.05, 0) is 24.3 Å². The second-order valence-electron chi connectivity index (χ2n) is 4.70. The molecular formula is C11H19N5O2. The van der Waals surface area contributed by atoms with Crippen molar-refractivity contribution in [3.8, 4) is 0 Å². The topological polar surface area (TPSA) is 98.2 Å². The third kappa shape index (κ3) is 2.92. The molecule has 18 heavy (non-hydrogen) atoms. The Balaban J connectivity index is 2.87. The number of carbonyl (C=O) groups excluding carboxylic acids is 2. The molecule has 0 radical (unpaired) electrons. The predicted molar refractivity (Wildman–Crippen MR) is 66.6 cm³/mol. The minimum atomic E-state index is -0.736. The Morgan fingerprint density at radius 1 is 1.50 bits per heavy atom. The quantitative estimate of drug-likeness (QED) is 0.460. The molecule has 100 valence electrons. The summed E-state index contributed by atoms with van der Waals surface area (Å²) < 4.78 is 0. The van der Waals surface area contributed by atoms with Crippen LogP contribution in [0.2, 0.25) is 0 Å². The Hall–Kier alpha value is -1.75. The predicted octanol–water partition coefficient (Wildman–Crippen LogP) is 1.06. The van der Waals surface area contributed by atoms with E-state index in [2.05, 4.69) is 15.3 Å². The van der Waals surface area contributed by atoms with E-state index in [4.69, 9.17) is 5.53 Å². The average molecular weight is 253 g/mol. The molecule has 1 aliphatic rings. The molecule has 0 aromatic heterocycles. The second kappa shape index (κ2) is 6.26. The summed E-state index contributed by atoms with van der Waals surface area (Å²) in [5.41, 5.74) is 8.51. The molecule has 1 unspecified atom stereocenters. The van der Waals surface area contributed by atoms with Crippen molar-refractivity contribution in [2.75, 3.05) is 13.6 Å². The minimum Gasteiger partial charge on any atom is -0.357 e. The summed E-state index contributed by atoms with van der Waals surface area (Å²) in [6.07, 6.45) is 1.46. The smallest absolute Gasteiger partial charge is 0.242 e. The molecule has 0 saturated carbocycles. The fourth-order valence-electron chi connectivity index (χ4n) is 2.16. The SMILES string of the molecule is CNC(=O)[C@@H]1CCCN1C(=O)C(N=[N+]=[N-])C(C)C. The first-order valence-corrected chi connectivity index (χ1v) is 6.09. The zero-order chi connectivity index (χ0) is 13.7. The van der Waals surface area contributed by atoms with E-state index >= 15 is 0 Å². The van der Waals surface area contributed by atoms with Gasteiger partial charge in [0.05, 0.1) is 0 Å². The van der Waals surface area contributed by atoms with Gasteiger partial charge in [0.15, 0.2) is 0 Å². The van der Waals surface area contributed by atoms with Gasteiger partial charge in [-0.15, -0.1) is 0 Å². The van der Waals surface area contributed by atoms with Crippen LogP contribution < -0.4 is 5.32 Å². The van der Waals surface area contributed by atoms with Crippen LogP contribution in [0.1, 0.15) is 26.7 Å². The van der Waals surface area contributed by atoms with Gasteiger partial charge >= 0.3 is 0 Å². The van der Waals surface area contributed by atoms with E-state index in [0.29, 0.717) is 13.0 Å². The maximum Gasteiger partial charge on any atom is 0.242 e. The monoisotopic (exact) mass is 253 g/mol. The van der Waals surface area contributed by atoms with E-state index in [1.807, 2.05) is 13.8 Å². The standard InChI is InChI=1S/C11H19N5O2/c1-7(2)9(14-15-12)11(18)16-6-4-5-8(16)10(17)13-3/h7-9H,4-6H2,1-3H3,(H,13,17)/t8-,9?/m0/s1. The molecule has 0 aromatic rings. The number of likely N-dealkylation sites (N-methyl/N-ethyl adjacent to an activating group) is 1. The summed E-state index contributed by atoms with van der Waals surface area (Å²) in [7, 11) is 1.55. The highest BCUT2D eigenvalue weighted by atomic mass is 16.2. The van der Waals surface area contributed by atoms with Crippen LogP contribution in [0.3, 0.4) is 0 Å². The highest BCUT2D eigenvalue weighted by Crippen LogP contribution is 2.21. The number of nitrogens with one attached hydrogen (secondary N) is 1. The van der Waals surface area contributed by atoms with Gasteiger partial charge in [0.1, 0.15) is 12.1 Å². The maximum absolute atomic E-state index is 12.3. The molecule has 7 heteroatoms. The van der Waals surface area contributed by atoms with Crippen LogP contribution in [0.5, 0.6) is 0 Å². The van der Waals surface area contributed by atoms with Crippen molar-refractivity contribution < 1.29 is 9.59 Å². The first-order valence-electron chi connectivity index (χ1n) is 6.09. The highest BCUT2D eigenvalue weighted by molar-refractivity contribution is 5.90. The van der Waals surface area contributed by atoms with Gasteiger partial charge in [-0.2, -0.15) is 0 Å². The van der Waals surface area contributed by atoms with Crippen molar-refractivity contribution in [1.82, 2.24) is 10.2 Å². The molecule has 0 aromatic carbocycles. The lowest BCUT2D eigenvalue weighted by Gasteiger charge is -2.27. The largest absolute Gasteiger partial charge is 0.357 e. The van der Waals surface area contributed by atoms with Crippen LogP contribution in [-0.4, -0.2) is 42.4 Å². The molecule has 2 atom stereocenters. The molecule has 7 nitrogen and oxygen atoms in total. The van der Waals surface area contributed by atoms with Crippen molar-refractivity contribution in [3.63, 3.8) is 0 Å². The zero-order valence-electron chi connectivity index (χ0n) is 11.0. The summed E-state index contributed by atoms with van der Waals surface area (Å²) in [6.45, 7) is 4.19. The molecule has 0 spiro atoms. The average Bonchev–Trinajstić information content (AvgIpc) is 2.82. The van der Waals surface area contributed by atoms with Gasteiger partial charge in [0, 0.05) is 18.5 Å². The van der Waals surface area contributed by atoms with Crippen molar-refractivity contribution in [2.24, 2.45) is 11.0 Å². The highest BCUT2D eigenvalue weighted by Gasteiger charge is 2.37. The van der Waals surface area contributed by atoms with Crippen LogP contribution >= 0.6 is 0 Å². The summed E-state index contributed by atoms with van der Waals surface area (Å²) in [4.78, 5) is 28.2. The lowest BCUT2D eigenvalue weighted by Crippen LogP contribution is -2.49. The molecule has 1 saturated heterocycles. The van der Waals surface area contributed by atoms with E-state index in [9.17, 15) is 9.59 Å². The van der Waals surface area contributed by atoms with Crippen LogP contribution in [0.15, 0.2) is 5.11 Å². The lowest BCUT2D eigenvalue weighted by atomic mass is 10.0. The van der Waals surface area contributed by atoms with Gasteiger partial charge in [-0.1, -0.05) is 19.0 Å². The van der Waals surface area contributed by atoms with Crippen LogP contribution in [0.25, 0.3) is 10.4 Å². The molecule has 1 aliphatic heterocycles. The van der Waals surface area contributed by atoms with Crippen LogP contribution in [-0.2, 0) is 9.59 Å². The molecule has 1 N–H and O–H groups in total. The van der Waals surface area contributed by atoms with E-state index < -0.39 is 12.1 Å². The van der Waals surface area contributed by atoms with Crippen LogP contribution in [0, 0.1) is 5.92 Å². The Labute approximate surface area is 106 Å². The fourth-order valence-corrected chi connectivity index (χ4v) is 2.16. The second-order valence-corrected chi connectivity index (χ2v) is 4.70. The lowest BCUT2D eigenvalue weighted by molar-refractivity contribution is -0.139. The van der Waals surface area contributed by atoms with E-state index in [0.717, 1.165) is 6.42 Å². The van der Waals surface area contributed by atoms with Gasteiger partial charge < -0.3 is 10.2 Å². The third-order valence-corrected chi connectivity index (χ3v) is 3.15. The van der Waals surface area contributed by atoms with Gasteiger partial charge in [-0.25, -0.2) is 0 Å². The molecule has 0 aliphatic carbocycles. The molecule has 0 bridgehead atoms. The summed E-state index contributed by atoms with van der Waals surface area (Å²) >= 11 is 0. The maximum atomic E-state index is 12.3. The number of carbonyl (C=O) groups is 2.